The molecule has 1 heterocycles. The first kappa shape index (κ1) is 11.5. The van der Waals surface area contributed by atoms with Crippen LogP contribution in [0.2, 0.25) is 0 Å². The first-order valence-corrected chi connectivity index (χ1v) is 7.28. The van der Waals surface area contributed by atoms with Gasteiger partial charge < -0.3 is 10.2 Å². The quantitative estimate of drug-likeness (QED) is 0.902. The largest absolute Gasteiger partial charge is 0.369 e. The number of piperazine rings is 1. The van der Waals surface area contributed by atoms with Gasteiger partial charge in [-0.3, -0.25) is 0 Å². The molecule has 0 spiro atoms. The lowest BCUT2D eigenvalue weighted by Crippen LogP contribution is -2.51. The van der Waals surface area contributed by atoms with Gasteiger partial charge in [0.05, 0.1) is 0 Å². The molecule has 2 nitrogen and oxygen atoms in total. The van der Waals surface area contributed by atoms with Crippen molar-refractivity contribution in [3.63, 3.8) is 0 Å². The van der Waals surface area contributed by atoms with Crippen LogP contribution in [0.15, 0.2) is 22.7 Å². The van der Waals surface area contributed by atoms with Crippen LogP contribution in [-0.2, 0) is 0 Å². The molecular formula is C14H19BrN2. The van der Waals surface area contributed by atoms with Crippen LogP contribution in [0.3, 0.4) is 0 Å². The summed E-state index contributed by atoms with van der Waals surface area (Å²) in [5.41, 5.74) is 2.66. The molecule has 0 radical (unpaired) electrons. The molecule has 3 heteroatoms. The molecular weight excluding hydrogens is 276 g/mol. The minimum atomic E-state index is 0.712. The van der Waals surface area contributed by atoms with Gasteiger partial charge in [-0.05, 0) is 43.4 Å². The molecule has 1 N–H and O–H groups in total. The van der Waals surface area contributed by atoms with E-state index in [0.29, 0.717) is 6.04 Å². The fourth-order valence-electron chi connectivity index (χ4n) is 2.61. The van der Waals surface area contributed by atoms with Crippen LogP contribution >= 0.6 is 15.9 Å². The molecule has 1 aliphatic heterocycles. The molecule has 3 rings (SSSR count). The van der Waals surface area contributed by atoms with Crippen molar-refractivity contribution in [3.8, 4) is 0 Å². The minimum absolute atomic E-state index is 0.712. The van der Waals surface area contributed by atoms with Crippen molar-refractivity contribution in [1.82, 2.24) is 5.32 Å². The SMILES string of the molecule is Cc1ccc(N2CCNC(C3CC3)C2)cc1Br. The third-order valence-electron chi connectivity index (χ3n) is 3.92. The number of hydrogen-bond donors (Lipinski definition) is 1. The first-order valence-electron chi connectivity index (χ1n) is 6.48. The summed E-state index contributed by atoms with van der Waals surface area (Å²) in [5.74, 6) is 0.937. The second-order valence-electron chi connectivity index (χ2n) is 5.28. The van der Waals surface area contributed by atoms with Crippen molar-refractivity contribution in [2.24, 2.45) is 5.92 Å². The molecule has 1 atom stereocenters. The summed E-state index contributed by atoms with van der Waals surface area (Å²) < 4.78 is 1.22. The predicted octanol–water partition coefficient (Wildman–Crippen LogP) is 2.95. The van der Waals surface area contributed by atoms with E-state index in [1.165, 1.54) is 35.1 Å². The van der Waals surface area contributed by atoms with Crippen LogP contribution in [0.1, 0.15) is 18.4 Å². The summed E-state index contributed by atoms with van der Waals surface area (Å²) in [5, 5.41) is 3.65. The Kier molecular flexibility index (Phi) is 3.14. The fraction of sp³-hybridized carbons (Fsp3) is 0.571. The Labute approximate surface area is 112 Å². The lowest BCUT2D eigenvalue weighted by atomic mass is 10.1. The first-order chi connectivity index (χ1) is 8.24. The highest BCUT2D eigenvalue weighted by Crippen LogP contribution is 2.34. The summed E-state index contributed by atoms with van der Waals surface area (Å²) in [4.78, 5) is 2.52. The normalized spacial score (nSPS) is 25.1. The van der Waals surface area contributed by atoms with E-state index in [1.807, 2.05) is 0 Å². The van der Waals surface area contributed by atoms with Gasteiger partial charge in [-0.15, -0.1) is 0 Å². The van der Waals surface area contributed by atoms with Gasteiger partial charge >= 0.3 is 0 Å². The molecule has 1 saturated heterocycles. The lowest BCUT2D eigenvalue weighted by Gasteiger charge is -2.35. The highest BCUT2D eigenvalue weighted by Gasteiger charge is 2.34. The van der Waals surface area contributed by atoms with Gasteiger partial charge in [0.1, 0.15) is 0 Å². The molecule has 1 aromatic rings. The molecule has 1 aliphatic carbocycles. The number of benzene rings is 1. The van der Waals surface area contributed by atoms with Crippen LogP contribution < -0.4 is 10.2 Å². The van der Waals surface area contributed by atoms with Crippen LogP contribution in [0.25, 0.3) is 0 Å². The number of aryl methyl sites for hydroxylation is 1. The summed E-state index contributed by atoms with van der Waals surface area (Å²) in [6.45, 7) is 5.55. The highest BCUT2D eigenvalue weighted by molar-refractivity contribution is 9.10. The van der Waals surface area contributed by atoms with Gasteiger partial charge in [-0.2, -0.15) is 0 Å². The zero-order chi connectivity index (χ0) is 11.8. The standard InChI is InChI=1S/C14H19BrN2/c1-10-2-5-12(8-13(10)15)17-7-6-16-14(9-17)11-3-4-11/h2,5,8,11,14,16H,3-4,6-7,9H2,1H3. The maximum atomic E-state index is 3.65. The van der Waals surface area contributed by atoms with Gasteiger partial charge in [0.25, 0.3) is 0 Å². The van der Waals surface area contributed by atoms with E-state index in [-0.39, 0.29) is 0 Å². The van der Waals surface area contributed by atoms with Crippen molar-refractivity contribution in [2.75, 3.05) is 24.5 Å². The Hall–Kier alpha value is -0.540. The molecule has 1 unspecified atom stereocenters. The Bertz CT molecular complexity index is 415. The smallest absolute Gasteiger partial charge is 0.0378 e. The van der Waals surface area contributed by atoms with Gasteiger partial charge in [0.2, 0.25) is 0 Å². The molecule has 2 aliphatic rings. The van der Waals surface area contributed by atoms with E-state index in [9.17, 15) is 0 Å². The van der Waals surface area contributed by atoms with Crippen molar-refractivity contribution in [2.45, 2.75) is 25.8 Å². The molecule has 1 aromatic carbocycles. The third-order valence-corrected chi connectivity index (χ3v) is 4.77. The second kappa shape index (κ2) is 4.62. The van der Waals surface area contributed by atoms with E-state index in [4.69, 9.17) is 0 Å². The predicted molar refractivity (Wildman–Crippen MR) is 75.6 cm³/mol. The van der Waals surface area contributed by atoms with Crippen molar-refractivity contribution in [1.29, 1.82) is 0 Å². The monoisotopic (exact) mass is 294 g/mol. The summed E-state index contributed by atoms with van der Waals surface area (Å²) in [6.07, 6.45) is 2.84. The number of rotatable bonds is 2. The minimum Gasteiger partial charge on any atom is -0.369 e. The molecule has 2 fully saturated rings. The second-order valence-corrected chi connectivity index (χ2v) is 6.13. The zero-order valence-corrected chi connectivity index (χ0v) is 11.8. The molecule has 92 valence electrons. The Balaban J connectivity index is 1.75. The van der Waals surface area contributed by atoms with E-state index in [0.717, 1.165) is 19.0 Å². The van der Waals surface area contributed by atoms with E-state index < -0.39 is 0 Å². The maximum Gasteiger partial charge on any atom is 0.0378 e. The van der Waals surface area contributed by atoms with Crippen LogP contribution in [-0.4, -0.2) is 25.7 Å². The Morgan fingerprint density at radius 3 is 2.88 bits per heavy atom. The fourth-order valence-corrected chi connectivity index (χ4v) is 2.97. The highest BCUT2D eigenvalue weighted by atomic mass is 79.9. The van der Waals surface area contributed by atoms with E-state index in [2.05, 4.69) is 51.3 Å². The zero-order valence-electron chi connectivity index (χ0n) is 10.2. The molecule has 0 bridgehead atoms. The lowest BCUT2D eigenvalue weighted by molar-refractivity contribution is 0.419. The summed E-state index contributed by atoms with van der Waals surface area (Å²) in [7, 11) is 0. The average molecular weight is 295 g/mol. The topological polar surface area (TPSA) is 15.3 Å². The number of anilines is 1. The van der Waals surface area contributed by atoms with Crippen molar-refractivity contribution >= 4 is 21.6 Å². The van der Waals surface area contributed by atoms with Crippen LogP contribution in [0.5, 0.6) is 0 Å². The van der Waals surface area contributed by atoms with Crippen molar-refractivity contribution < 1.29 is 0 Å². The number of nitrogens with one attached hydrogen (secondary N) is 1. The third kappa shape index (κ3) is 2.50. The number of hydrogen-bond acceptors (Lipinski definition) is 2. The number of halogens is 1. The van der Waals surface area contributed by atoms with Gasteiger partial charge in [-0.25, -0.2) is 0 Å². The molecule has 0 aromatic heterocycles. The van der Waals surface area contributed by atoms with Crippen LogP contribution in [0, 0.1) is 12.8 Å². The molecule has 17 heavy (non-hydrogen) atoms. The Morgan fingerprint density at radius 2 is 2.18 bits per heavy atom. The number of nitrogens with zero attached hydrogens (tertiary/aromatic N) is 1. The average Bonchev–Trinajstić information content (AvgIpc) is 3.17. The molecule has 1 saturated carbocycles. The Morgan fingerprint density at radius 1 is 1.35 bits per heavy atom. The maximum absolute atomic E-state index is 3.65. The summed E-state index contributed by atoms with van der Waals surface area (Å²) in [6, 6.07) is 7.41. The van der Waals surface area contributed by atoms with Crippen molar-refractivity contribution in [3.05, 3.63) is 28.2 Å². The molecule has 0 amide bonds. The van der Waals surface area contributed by atoms with E-state index in [1.54, 1.807) is 0 Å². The summed E-state index contributed by atoms with van der Waals surface area (Å²) >= 11 is 3.63. The van der Waals surface area contributed by atoms with Gasteiger partial charge in [0, 0.05) is 35.8 Å². The van der Waals surface area contributed by atoms with Crippen LogP contribution in [0.4, 0.5) is 5.69 Å². The van der Waals surface area contributed by atoms with Gasteiger partial charge in [-0.1, -0.05) is 22.0 Å². The van der Waals surface area contributed by atoms with E-state index >= 15 is 0 Å². The van der Waals surface area contributed by atoms with Gasteiger partial charge in [0.15, 0.2) is 0 Å².